The van der Waals surface area contributed by atoms with Gasteiger partial charge in [0.2, 0.25) is 5.91 Å². The fourth-order valence-electron chi connectivity index (χ4n) is 2.12. The smallest absolute Gasteiger partial charge is 0.376 e. The van der Waals surface area contributed by atoms with Gasteiger partial charge in [-0.2, -0.15) is 13.2 Å². The van der Waals surface area contributed by atoms with Crippen LogP contribution in [0, 0.1) is 5.82 Å². The molecule has 0 aliphatic carbocycles. The van der Waals surface area contributed by atoms with Crippen LogP contribution in [0.15, 0.2) is 42.6 Å². The fraction of sp³-hybridized carbons (Fsp3) is 0.133. The second-order valence-corrected chi connectivity index (χ2v) is 5.25. The van der Waals surface area contributed by atoms with E-state index >= 15 is 0 Å². The maximum Gasteiger partial charge on any atom is 0.416 e. The molecular formula is C15H11F4N3OS. The minimum Gasteiger partial charge on any atom is -0.376 e. The molecule has 2 rings (SSSR count). The van der Waals surface area contributed by atoms with Crippen LogP contribution in [0.4, 0.5) is 17.6 Å². The maximum absolute atomic E-state index is 13.5. The Labute approximate surface area is 139 Å². The van der Waals surface area contributed by atoms with Gasteiger partial charge >= 0.3 is 6.18 Å². The summed E-state index contributed by atoms with van der Waals surface area (Å²) < 4.78 is 52.1. The molecular weight excluding hydrogens is 346 g/mol. The normalized spacial score (nSPS) is 12.5. The van der Waals surface area contributed by atoms with Crippen LogP contribution in [-0.2, 0) is 11.0 Å². The molecule has 0 spiro atoms. The number of nitrogens with one attached hydrogen (secondary N) is 1. The highest BCUT2D eigenvalue weighted by Gasteiger charge is 2.33. The molecule has 1 amide bonds. The first-order valence-electron chi connectivity index (χ1n) is 6.57. The van der Waals surface area contributed by atoms with E-state index in [1.54, 1.807) is 0 Å². The first-order chi connectivity index (χ1) is 11.2. The number of hydrogen-bond donors (Lipinski definition) is 2. The zero-order chi connectivity index (χ0) is 17.9. The summed E-state index contributed by atoms with van der Waals surface area (Å²) in [7, 11) is 0. The molecule has 0 saturated heterocycles. The lowest BCUT2D eigenvalue weighted by molar-refractivity contribution is -0.137. The fourth-order valence-corrected chi connectivity index (χ4v) is 2.22. The van der Waals surface area contributed by atoms with Crippen molar-refractivity contribution in [2.24, 2.45) is 5.73 Å². The summed E-state index contributed by atoms with van der Waals surface area (Å²) in [5.74, 6) is -2.75. The second-order valence-electron chi connectivity index (χ2n) is 4.81. The molecule has 3 N–H and O–H groups in total. The zero-order valence-electron chi connectivity index (χ0n) is 12.0. The number of rotatable bonds is 3. The number of nitrogens with two attached hydrogens (primary N) is 1. The SMILES string of the molecule is NC(=S)NC(=O)C(c1cccc(F)c1)c1cc(C(F)(F)F)ccn1. The molecule has 1 heterocycles. The van der Waals surface area contributed by atoms with E-state index in [1.165, 1.54) is 12.1 Å². The molecule has 1 aromatic carbocycles. The monoisotopic (exact) mass is 357 g/mol. The number of hydrogen-bond acceptors (Lipinski definition) is 3. The van der Waals surface area contributed by atoms with Crippen molar-refractivity contribution in [3.63, 3.8) is 0 Å². The number of amides is 1. The Morgan fingerprint density at radius 1 is 1.25 bits per heavy atom. The number of carbonyl (C=O) groups excluding carboxylic acids is 1. The van der Waals surface area contributed by atoms with Gasteiger partial charge in [-0.25, -0.2) is 4.39 Å². The van der Waals surface area contributed by atoms with E-state index in [9.17, 15) is 22.4 Å². The van der Waals surface area contributed by atoms with E-state index in [4.69, 9.17) is 5.73 Å². The Morgan fingerprint density at radius 2 is 1.96 bits per heavy atom. The van der Waals surface area contributed by atoms with Gasteiger partial charge in [-0.3, -0.25) is 9.78 Å². The summed E-state index contributed by atoms with van der Waals surface area (Å²) in [6, 6.07) is 6.41. The third-order valence-electron chi connectivity index (χ3n) is 3.09. The number of nitrogens with zero attached hydrogens (tertiary/aromatic N) is 1. The number of carbonyl (C=O) groups is 1. The summed E-state index contributed by atoms with van der Waals surface area (Å²) in [6.07, 6.45) is -3.68. The molecule has 0 saturated carbocycles. The van der Waals surface area contributed by atoms with Crippen LogP contribution in [0.25, 0.3) is 0 Å². The molecule has 4 nitrogen and oxygen atoms in total. The van der Waals surface area contributed by atoms with Crippen molar-refractivity contribution >= 4 is 23.2 Å². The van der Waals surface area contributed by atoms with Gasteiger partial charge in [-0.1, -0.05) is 12.1 Å². The number of benzene rings is 1. The van der Waals surface area contributed by atoms with Crippen LogP contribution in [0.5, 0.6) is 0 Å². The largest absolute Gasteiger partial charge is 0.416 e. The predicted octanol–water partition coefficient (Wildman–Crippen LogP) is 2.73. The summed E-state index contributed by atoms with van der Waals surface area (Å²) in [5.41, 5.74) is 4.18. The van der Waals surface area contributed by atoms with Gasteiger partial charge in [0, 0.05) is 6.20 Å². The third kappa shape index (κ3) is 4.25. The van der Waals surface area contributed by atoms with Gasteiger partial charge in [-0.05, 0) is 42.0 Å². The molecule has 1 aromatic heterocycles. The molecule has 0 aliphatic rings. The van der Waals surface area contributed by atoms with Crippen molar-refractivity contribution in [2.75, 3.05) is 0 Å². The van der Waals surface area contributed by atoms with Gasteiger partial charge in [-0.15, -0.1) is 0 Å². The van der Waals surface area contributed by atoms with Crippen LogP contribution in [0.1, 0.15) is 22.7 Å². The lowest BCUT2D eigenvalue weighted by atomic mass is 9.93. The Morgan fingerprint density at radius 3 is 2.54 bits per heavy atom. The average molecular weight is 357 g/mol. The summed E-state index contributed by atoms with van der Waals surface area (Å²) in [5, 5.41) is 1.79. The number of thiocarbonyl (C=S) groups is 1. The van der Waals surface area contributed by atoms with Crippen LogP contribution < -0.4 is 11.1 Å². The summed E-state index contributed by atoms with van der Waals surface area (Å²) >= 11 is 4.57. The van der Waals surface area contributed by atoms with Crippen LogP contribution in [0.2, 0.25) is 0 Å². The quantitative estimate of drug-likeness (QED) is 0.655. The molecule has 2 aromatic rings. The molecule has 0 aliphatic heterocycles. The van der Waals surface area contributed by atoms with Gasteiger partial charge in [0.1, 0.15) is 11.7 Å². The van der Waals surface area contributed by atoms with E-state index in [1.807, 2.05) is 0 Å². The van der Waals surface area contributed by atoms with Crippen molar-refractivity contribution in [2.45, 2.75) is 12.1 Å². The number of halogens is 4. The lowest BCUT2D eigenvalue weighted by Gasteiger charge is -2.17. The van der Waals surface area contributed by atoms with Crippen molar-refractivity contribution in [1.82, 2.24) is 10.3 Å². The maximum atomic E-state index is 13.5. The zero-order valence-corrected chi connectivity index (χ0v) is 12.8. The van der Waals surface area contributed by atoms with Gasteiger partial charge in [0.25, 0.3) is 0 Å². The average Bonchev–Trinajstić information content (AvgIpc) is 2.46. The van der Waals surface area contributed by atoms with E-state index < -0.39 is 29.4 Å². The van der Waals surface area contributed by atoms with Crippen molar-refractivity contribution in [1.29, 1.82) is 0 Å². The molecule has 1 atom stereocenters. The minimum absolute atomic E-state index is 0.121. The van der Waals surface area contributed by atoms with E-state index in [-0.39, 0.29) is 16.4 Å². The highest BCUT2D eigenvalue weighted by molar-refractivity contribution is 7.80. The highest BCUT2D eigenvalue weighted by atomic mass is 32.1. The van der Waals surface area contributed by atoms with Crippen molar-refractivity contribution < 1.29 is 22.4 Å². The topological polar surface area (TPSA) is 68.0 Å². The van der Waals surface area contributed by atoms with Crippen molar-refractivity contribution in [3.8, 4) is 0 Å². The standard InChI is InChI=1S/C15H11F4N3OS/c16-10-3-1-2-8(6-10)12(13(23)22-14(20)24)11-7-9(4-5-21-11)15(17,18)19/h1-7,12H,(H3,20,22,23,24). The number of aromatic nitrogens is 1. The summed E-state index contributed by atoms with van der Waals surface area (Å²) in [6.45, 7) is 0. The van der Waals surface area contributed by atoms with Gasteiger partial charge in [0.15, 0.2) is 5.11 Å². The first kappa shape index (κ1) is 17.8. The van der Waals surface area contributed by atoms with Gasteiger partial charge in [0.05, 0.1) is 11.3 Å². The molecule has 1 unspecified atom stereocenters. The van der Waals surface area contributed by atoms with E-state index in [2.05, 4.69) is 22.5 Å². The Hall–Kier alpha value is -2.55. The lowest BCUT2D eigenvalue weighted by Crippen LogP contribution is -2.38. The predicted molar refractivity (Wildman–Crippen MR) is 82.4 cm³/mol. The number of alkyl halides is 3. The van der Waals surface area contributed by atoms with Crippen LogP contribution in [-0.4, -0.2) is 16.0 Å². The second kappa shape index (κ2) is 6.91. The van der Waals surface area contributed by atoms with Crippen molar-refractivity contribution in [3.05, 3.63) is 65.2 Å². The molecule has 126 valence electrons. The molecule has 9 heteroatoms. The molecule has 24 heavy (non-hydrogen) atoms. The summed E-state index contributed by atoms with van der Waals surface area (Å²) in [4.78, 5) is 16.1. The Bertz CT molecular complexity index is 779. The molecule has 0 radical (unpaired) electrons. The third-order valence-corrected chi connectivity index (χ3v) is 3.20. The minimum atomic E-state index is -4.61. The molecule has 0 bridgehead atoms. The van der Waals surface area contributed by atoms with E-state index in [0.29, 0.717) is 0 Å². The Kier molecular flexibility index (Phi) is 5.13. The number of pyridine rings is 1. The van der Waals surface area contributed by atoms with Crippen LogP contribution >= 0.6 is 12.2 Å². The molecule has 0 fully saturated rings. The van der Waals surface area contributed by atoms with Gasteiger partial charge < -0.3 is 11.1 Å². The highest BCUT2D eigenvalue weighted by Crippen LogP contribution is 2.32. The Balaban J connectivity index is 2.54. The first-order valence-corrected chi connectivity index (χ1v) is 6.98. The van der Waals surface area contributed by atoms with E-state index in [0.717, 1.165) is 30.5 Å². The van der Waals surface area contributed by atoms with Crippen LogP contribution in [0.3, 0.4) is 0 Å².